The Bertz CT molecular complexity index is 657. The van der Waals surface area contributed by atoms with Crippen molar-refractivity contribution in [3.05, 3.63) is 70.8 Å². The predicted octanol–water partition coefficient (Wildman–Crippen LogP) is 4.02. The highest BCUT2D eigenvalue weighted by molar-refractivity contribution is 5.41. The Balaban J connectivity index is 1.48. The van der Waals surface area contributed by atoms with Crippen LogP contribution in [0.25, 0.3) is 0 Å². The van der Waals surface area contributed by atoms with E-state index in [2.05, 4.69) is 60.4 Å². The monoisotopic (exact) mass is 293 g/mol. The fraction of sp³-hybridized carbons (Fsp3) is 0.400. The van der Waals surface area contributed by atoms with Gasteiger partial charge in [0.05, 0.1) is 12.2 Å². The van der Waals surface area contributed by atoms with Gasteiger partial charge in [0.15, 0.2) is 0 Å². The molecule has 114 valence electrons. The van der Waals surface area contributed by atoms with Gasteiger partial charge < -0.3 is 4.74 Å². The fourth-order valence-electron chi connectivity index (χ4n) is 3.94. The molecule has 2 aliphatic rings. The summed E-state index contributed by atoms with van der Waals surface area (Å²) in [5.74, 6) is 0. The van der Waals surface area contributed by atoms with Crippen molar-refractivity contribution < 1.29 is 4.74 Å². The lowest BCUT2D eigenvalue weighted by molar-refractivity contribution is -0.0799. The molecule has 1 saturated heterocycles. The van der Waals surface area contributed by atoms with Gasteiger partial charge in [0.25, 0.3) is 0 Å². The van der Waals surface area contributed by atoms with Crippen molar-refractivity contribution in [3.63, 3.8) is 0 Å². The third kappa shape index (κ3) is 2.37. The van der Waals surface area contributed by atoms with E-state index in [1.54, 1.807) is 0 Å². The van der Waals surface area contributed by atoms with E-state index in [9.17, 15) is 0 Å². The Morgan fingerprint density at radius 3 is 2.55 bits per heavy atom. The van der Waals surface area contributed by atoms with E-state index >= 15 is 0 Å². The lowest BCUT2D eigenvalue weighted by atomic mass is 9.83. The van der Waals surface area contributed by atoms with Crippen LogP contribution in [0.1, 0.15) is 35.1 Å². The van der Waals surface area contributed by atoms with Gasteiger partial charge in [-0.3, -0.25) is 4.90 Å². The van der Waals surface area contributed by atoms with Crippen molar-refractivity contribution in [3.8, 4) is 0 Å². The topological polar surface area (TPSA) is 12.5 Å². The Morgan fingerprint density at radius 1 is 1.00 bits per heavy atom. The lowest BCUT2D eigenvalue weighted by Gasteiger charge is -2.39. The van der Waals surface area contributed by atoms with Crippen LogP contribution < -0.4 is 0 Å². The number of piperidine rings is 1. The summed E-state index contributed by atoms with van der Waals surface area (Å²) in [7, 11) is 0. The van der Waals surface area contributed by atoms with Gasteiger partial charge in [0, 0.05) is 19.6 Å². The standard InChI is InChI=1S/C20H23NO/c1-16-6-5-9-19-18(16)15-22-20(19)10-12-21(13-11-20)14-17-7-3-2-4-8-17/h2-9H,10-15H2,1H3. The second-order valence-corrected chi connectivity index (χ2v) is 6.65. The zero-order chi connectivity index (χ0) is 15.0. The van der Waals surface area contributed by atoms with E-state index in [1.807, 2.05) is 0 Å². The number of hydrogen-bond acceptors (Lipinski definition) is 2. The molecule has 1 fully saturated rings. The van der Waals surface area contributed by atoms with Gasteiger partial charge in [-0.15, -0.1) is 0 Å². The van der Waals surface area contributed by atoms with Crippen LogP contribution in [-0.2, 0) is 23.5 Å². The second kappa shape index (κ2) is 5.53. The number of aryl methyl sites for hydroxylation is 1. The molecule has 0 aliphatic carbocycles. The van der Waals surface area contributed by atoms with Crippen LogP contribution in [0, 0.1) is 6.92 Å². The first kappa shape index (κ1) is 14.0. The maximum Gasteiger partial charge on any atom is 0.0963 e. The summed E-state index contributed by atoms with van der Waals surface area (Å²) in [5, 5.41) is 0. The molecule has 0 N–H and O–H groups in total. The van der Waals surface area contributed by atoms with Crippen LogP contribution in [-0.4, -0.2) is 18.0 Å². The zero-order valence-electron chi connectivity index (χ0n) is 13.2. The van der Waals surface area contributed by atoms with Gasteiger partial charge >= 0.3 is 0 Å². The van der Waals surface area contributed by atoms with Crippen molar-refractivity contribution >= 4 is 0 Å². The highest BCUT2D eigenvalue weighted by Crippen LogP contribution is 2.45. The molecule has 0 aromatic heterocycles. The third-order valence-corrected chi connectivity index (χ3v) is 5.31. The van der Waals surface area contributed by atoms with Gasteiger partial charge in [0.2, 0.25) is 0 Å². The number of fused-ring (bicyclic) bond motifs is 2. The van der Waals surface area contributed by atoms with Gasteiger partial charge in [-0.2, -0.15) is 0 Å². The maximum atomic E-state index is 6.30. The smallest absolute Gasteiger partial charge is 0.0963 e. The Kier molecular flexibility index (Phi) is 3.51. The van der Waals surface area contributed by atoms with E-state index in [1.165, 1.54) is 22.3 Å². The van der Waals surface area contributed by atoms with Crippen LogP contribution in [0.4, 0.5) is 0 Å². The van der Waals surface area contributed by atoms with E-state index in [4.69, 9.17) is 4.74 Å². The first-order valence-corrected chi connectivity index (χ1v) is 8.26. The first-order valence-electron chi connectivity index (χ1n) is 8.26. The number of hydrogen-bond donors (Lipinski definition) is 0. The van der Waals surface area contributed by atoms with E-state index in [0.717, 1.165) is 39.1 Å². The molecule has 0 radical (unpaired) electrons. The number of benzene rings is 2. The molecule has 2 heterocycles. The summed E-state index contributed by atoms with van der Waals surface area (Å²) in [6.45, 7) is 6.27. The summed E-state index contributed by atoms with van der Waals surface area (Å²) >= 11 is 0. The van der Waals surface area contributed by atoms with E-state index in [-0.39, 0.29) is 5.60 Å². The molecule has 2 aliphatic heterocycles. The molecule has 0 bridgehead atoms. The zero-order valence-corrected chi connectivity index (χ0v) is 13.2. The molecule has 2 aromatic rings. The van der Waals surface area contributed by atoms with Crippen molar-refractivity contribution in [2.45, 2.75) is 38.5 Å². The predicted molar refractivity (Wildman–Crippen MR) is 88.6 cm³/mol. The van der Waals surface area contributed by atoms with Crippen LogP contribution in [0.3, 0.4) is 0 Å². The molecular formula is C20H23NO. The summed E-state index contributed by atoms with van der Waals surface area (Å²) in [4.78, 5) is 2.55. The number of likely N-dealkylation sites (tertiary alicyclic amines) is 1. The molecule has 2 aromatic carbocycles. The molecule has 2 heteroatoms. The molecule has 22 heavy (non-hydrogen) atoms. The van der Waals surface area contributed by atoms with Crippen molar-refractivity contribution in [2.24, 2.45) is 0 Å². The van der Waals surface area contributed by atoms with Gasteiger partial charge in [-0.05, 0) is 42.0 Å². The number of rotatable bonds is 2. The van der Waals surface area contributed by atoms with Gasteiger partial charge in [-0.1, -0.05) is 48.5 Å². The summed E-state index contributed by atoms with van der Waals surface area (Å²) in [5.41, 5.74) is 5.64. The molecule has 2 nitrogen and oxygen atoms in total. The minimum absolute atomic E-state index is 0.0193. The highest BCUT2D eigenvalue weighted by Gasteiger charge is 2.42. The molecule has 0 unspecified atom stereocenters. The van der Waals surface area contributed by atoms with Gasteiger partial charge in [0.1, 0.15) is 0 Å². The Hall–Kier alpha value is -1.64. The van der Waals surface area contributed by atoms with Crippen molar-refractivity contribution in [2.75, 3.05) is 13.1 Å². The average Bonchev–Trinajstić information content (AvgIpc) is 2.91. The Labute approximate surface area is 132 Å². The molecular weight excluding hydrogens is 270 g/mol. The van der Waals surface area contributed by atoms with Crippen LogP contribution in [0.5, 0.6) is 0 Å². The summed E-state index contributed by atoms with van der Waals surface area (Å²) in [6, 6.07) is 17.4. The van der Waals surface area contributed by atoms with Crippen LogP contribution in [0.2, 0.25) is 0 Å². The van der Waals surface area contributed by atoms with E-state index < -0.39 is 0 Å². The quantitative estimate of drug-likeness (QED) is 0.829. The number of nitrogens with zero attached hydrogens (tertiary/aromatic N) is 1. The largest absolute Gasteiger partial charge is 0.365 e. The Morgan fingerprint density at radius 2 is 1.77 bits per heavy atom. The third-order valence-electron chi connectivity index (χ3n) is 5.31. The second-order valence-electron chi connectivity index (χ2n) is 6.65. The minimum Gasteiger partial charge on any atom is -0.365 e. The van der Waals surface area contributed by atoms with Crippen LogP contribution >= 0.6 is 0 Å². The lowest BCUT2D eigenvalue weighted by Crippen LogP contribution is -2.42. The van der Waals surface area contributed by atoms with Crippen molar-refractivity contribution in [1.82, 2.24) is 4.90 Å². The molecule has 4 rings (SSSR count). The normalized spacial score (nSPS) is 20.2. The summed E-state index contributed by atoms with van der Waals surface area (Å²) in [6.07, 6.45) is 2.21. The van der Waals surface area contributed by atoms with Crippen molar-refractivity contribution in [1.29, 1.82) is 0 Å². The highest BCUT2D eigenvalue weighted by atomic mass is 16.5. The maximum absolute atomic E-state index is 6.30. The molecule has 0 atom stereocenters. The minimum atomic E-state index is -0.0193. The summed E-state index contributed by atoms with van der Waals surface area (Å²) < 4.78 is 6.30. The fourth-order valence-corrected chi connectivity index (χ4v) is 3.94. The molecule has 0 saturated carbocycles. The van der Waals surface area contributed by atoms with Crippen LogP contribution in [0.15, 0.2) is 48.5 Å². The SMILES string of the molecule is Cc1cccc2c1COC21CCN(Cc2ccccc2)CC1. The molecule has 1 spiro atoms. The average molecular weight is 293 g/mol. The molecule has 0 amide bonds. The van der Waals surface area contributed by atoms with Gasteiger partial charge in [-0.25, -0.2) is 0 Å². The first-order chi connectivity index (χ1) is 10.8. The number of ether oxygens (including phenoxy) is 1. The van der Waals surface area contributed by atoms with E-state index in [0.29, 0.717) is 0 Å².